The van der Waals surface area contributed by atoms with Crippen molar-refractivity contribution < 1.29 is 9.47 Å². The number of nitrogens with zero attached hydrogens (tertiary/aromatic N) is 1. The summed E-state index contributed by atoms with van der Waals surface area (Å²) in [7, 11) is 3.36. The van der Waals surface area contributed by atoms with Crippen molar-refractivity contribution in [2.24, 2.45) is 0 Å². The largest absolute Gasteiger partial charge is 0.497 e. The molecule has 2 aromatic heterocycles. The van der Waals surface area contributed by atoms with E-state index in [2.05, 4.69) is 29.2 Å². The minimum Gasteiger partial charge on any atom is -0.497 e. The molecule has 0 radical (unpaired) electrons. The molecule has 6 aromatic rings. The molecule has 0 fully saturated rings. The van der Waals surface area contributed by atoms with Gasteiger partial charge in [0.15, 0.2) is 0 Å². The van der Waals surface area contributed by atoms with Crippen LogP contribution in [0.15, 0.2) is 60.7 Å². The van der Waals surface area contributed by atoms with Crippen molar-refractivity contribution in [2.75, 3.05) is 14.2 Å². The van der Waals surface area contributed by atoms with Gasteiger partial charge in [-0.05, 0) is 24.3 Å². The predicted molar refractivity (Wildman–Crippen MR) is 124 cm³/mol. The van der Waals surface area contributed by atoms with Gasteiger partial charge < -0.3 is 14.5 Å². The lowest BCUT2D eigenvalue weighted by molar-refractivity contribution is 0.415. The Morgan fingerprint density at radius 2 is 1.53 bits per heavy atom. The number of ether oxygens (including phenoxy) is 2. The molecule has 4 nitrogen and oxygen atoms in total. The smallest absolute Gasteiger partial charge is 0.128 e. The summed E-state index contributed by atoms with van der Waals surface area (Å²) >= 11 is 6.67. The number of hydrogen-bond acceptors (Lipinski definition) is 3. The van der Waals surface area contributed by atoms with E-state index in [0.29, 0.717) is 5.15 Å². The Hall–Kier alpha value is -3.50. The number of rotatable bonds is 2. The van der Waals surface area contributed by atoms with Gasteiger partial charge >= 0.3 is 0 Å². The third-order valence-corrected chi connectivity index (χ3v) is 6.16. The quantitative estimate of drug-likeness (QED) is 0.250. The lowest BCUT2D eigenvalue weighted by atomic mass is 9.95. The van der Waals surface area contributed by atoms with E-state index in [4.69, 9.17) is 26.1 Å². The number of nitrogens with one attached hydrogen (secondary N) is 1. The average Bonchev–Trinajstić information content (AvgIpc) is 3.15. The van der Waals surface area contributed by atoms with Gasteiger partial charge in [0.1, 0.15) is 16.7 Å². The zero-order chi connectivity index (χ0) is 20.4. The van der Waals surface area contributed by atoms with Crippen molar-refractivity contribution in [1.82, 2.24) is 9.97 Å². The molecular weight excluding hydrogens is 396 g/mol. The SMILES string of the molecule is COc1ccc2c(c1)nc1cc(OC)c3ccc4c(Cl)[nH]c5ccccc5c4c3c12. The van der Waals surface area contributed by atoms with Crippen molar-refractivity contribution in [1.29, 1.82) is 0 Å². The molecule has 0 atom stereocenters. The second-order valence-electron chi connectivity index (χ2n) is 7.36. The van der Waals surface area contributed by atoms with Crippen LogP contribution in [-0.2, 0) is 0 Å². The van der Waals surface area contributed by atoms with E-state index in [1.54, 1.807) is 14.2 Å². The van der Waals surface area contributed by atoms with Crippen LogP contribution in [0, 0.1) is 0 Å². The number of fused-ring (bicyclic) bond motifs is 9. The van der Waals surface area contributed by atoms with Crippen molar-refractivity contribution >= 4 is 65.9 Å². The van der Waals surface area contributed by atoms with Crippen molar-refractivity contribution in [3.8, 4) is 11.5 Å². The molecule has 0 spiro atoms. The molecule has 0 unspecified atom stereocenters. The first kappa shape index (κ1) is 17.4. The summed E-state index contributed by atoms with van der Waals surface area (Å²) < 4.78 is 11.2. The molecule has 0 saturated carbocycles. The molecule has 0 aliphatic carbocycles. The van der Waals surface area contributed by atoms with Crippen LogP contribution in [-0.4, -0.2) is 24.2 Å². The van der Waals surface area contributed by atoms with Gasteiger partial charge in [-0.1, -0.05) is 35.9 Å². The van der Waals surface area contributed by atoms with E-state index in [0.717, 1.165) is 65.8 Å². The van der Waals surface area contributed by atoms with Gasteiger partial charge in [0.25, 0.3) is 0 Å². The molecule has 0 aliphatic rings. The summed E-state index contributed by atoms with van der Waals surface area (Å²) in [5.41, 5.74) is 2.78. The maximum absolute atomic E-state index is 6.67. The van der Waals surface area contributed by atoms with Crippen molar-refractivity contribution in [3.05, 3.63) is 65.8 Å². The first-order chi connectivity index (χ1) is 14.7. The highest BCUT2D eigenvalue weighted by molar-refractivity contribution is 6.40. The highest BCUT2D eigenvalue weighted by atomic mass is 35.5. The second kappa shape index (κ2) is 6.25. The monoisotopic (exact) mass is 412 g/mol. The van der Waals surface area contributed by atoms with Crippen molar-refractivity contribution in [3.63, 3.8) is 0 Å². The van der Waals surface area contributed by atoms with Crippen LogP contribution in [0.3, 0.4) is 0 Å². The van der Waals surface area contributed by atoms with E-state index < -0.39 is 0 Å². The van der Waals surface area contributed by atoms with Crippen LogP contribution in [0.25, 0.3) is 54.3 Å². The van der Waals surface area contributed by atoms with Gasteiger partial charge in [0.2, 0.25) is 0 Å². The first-order valence-corrected chi connectivity index (χ1v) is 10.0. The molecular formula is C25H17ClN2O2. The Morgan fingerprint density at radius 3 is 2.37 bits per heavy atom. The summed E-state index contributed by atoms with van der Waals surface area (Å²) in [6, 6.07) is 20.4. The molecule has 4 aromatic carbocycles. The minimum absolute atomic E-state index is 0.618. The number of benzene rings is 4. The van der Waals surface area contributed by atoms with Crippen molar-refractivity contribution in [2.45, 2.75) is 0 Å². The molecule has 5 heteroatoms. The Kier molecular flexibility index (Phi) is 3.62. The molecule has 0 aliphatic heterocycles. The third kappa shape index (κ3) is 2.25. The van der Waals surface area contributed by atoms with E-state index in [1.165, 1.54) is 0 Å². The molecule has 1 N–H and O–H groups in total. The Bertz CT molecular complexity index is 1640. The zero-order valence-electron chi connectivity index (χ0n) is 16.4. The highest BCUT2D eigenvalue weighted by Gasteiger charge is 2.18. The molecule has 0 saturated heterocycles. The third-order valence-electron chi connectivity index (χ3n) is 5.86. The molecule has 2 heterocycles. The van der Waals surface area contributed by atoms with Crippen LogP contribution < -0.4 is 9.47 Å². The van der Waals surface area contributed by atoms with Gasteiger partial charge in [-0.3, -0.25) is 0 Å². The lowest BCUT2D eigenvalue weighted by Gasteiger charge is -2.13. The van der Waals surface area contributed by atoms with Crippen LogP contribution in [0.5, 0.6) is 11.5 Å². The number of aromatic nitrogens is 2. The van der Waals surface area contributed by atoms with E-state index in [9.17, 15) is 0 Å². The van der Waals surface area contributed by atoms with E-state index >= 15 is 0 Å². The van der Waals surface area contributed by atoms with Crippen LogP contribution >= 0.6 is 11.6 Å². The summed E-state index contributed by atoms with van der Waals surface area (Å²) in [5, 5.41) is 8.12. The van der Waals surface area contributed by atoms with Gasteiger partial charge in [-0.25, -0.2) is 4.98 Å². The van der Waals surface area contributed by atoms with E-state index in [1.807, 2.05) is 36.4 Å². The van der Waals surface area contributed by atoms with E-state index in [-0.39, 0.29) is 0 Å². The summed E-state index contributed by atoms with van der Waals surface area (Å²) in [4.78, 5) is 8.21. The highest BCUT2D eigenvalue weighted by Crippen LogP contribution is 2.44. The Morgan fingerprint density at radius 1 is 0.733 bits per heavy atom. The fraction of sp³-hybridized carbons (Fsp3) is 0.0800. The van der Waals surface area contributed by atoms with Gasteiger partial charge in [-0.15, -0.1) is 0 Å². The van der Waals surface area contributed by atoms with Crippen LogP contribution in [0.4, 0.5) is 0 Å². The zero-order valence-corrected chi connectivity index (χ0v) is 17.2. The summed E-state index contributed by atoms with van der Waals surface area (Å²) in [5.74, 6) is 1.58. The predicted octanol–water partition coefficient (Wildman–Crippen LogP) is 6.85. The summed E-state index contributed by atoms with van der Waals surface area (Å²) in [6.45, 7) is 0. The number of para-hydroxylation sites is 1. The van der Waals surface area contributed by atoms with Gasteiger partial charge in [0, 0.05) is 55.4 Å². The number of hydrogen-bond donors (Lipinski definition) is 1. The maximum atomic E-state index is 6.67. The lowest BCUT2D eigenvalue weighted by Crippen LogP contribution is -1.90. The molecule has 30 heavy (non-hydrogen) atoms. The number of halogens is 1. The fourth-order valence-corrected chi connectivity index (χ4v) is 4.79. The number of aromatic amines is 1. The molecule has 0 amide bonds. The first-order valence-electron chi connectivity index (χ1n) is 9.66. The van der Waals surface area contributed by atoms with Gasteiger partial charge in [0.05, 0.1) is 25.3 Å². The number of pyridine rings is 1. The average molecular weight is 413 g/mol. The molecule has 6 rings (SSSR count). The number of methoxy groups -OCH3 is 2. The second-order valence-corrected chi connectivity index (χ2v) is 7.74. The topological polar surface area (TPSA) is 47.1 Å². The maximum Gasteiger partial charge on any atom is 0.128 e. The normalized spacial score (nSPS) is 11.8. The minimum atomic E-state index is 0.618. The van der Waals surface area contributed by atoms with Gasteiger partial charge in [-0.2, -0.15) is 0 Å². The van der Waals surface area contributed by atoms with Crippen LogP contribution in [0.2, 0.25) is 5.15 Å². The summed E-state index contributed by atoms with van der Waals surface area (Å²) in [6.07, 6.45) is 0. The molecule has 0 bridgehead atoms. The molecule has 146 valence electrons. The standard InChI is InChI=1S/C25H17ClN2O2/c1-29-13-7-8-15-19(11-13)27-20-12-21(30-2)16-9-10-17-22(24(16)23(15)20)14-5-3-4-6-18(14)28-25(17)26/h3-12,28H,1-2H3. The fourth-order valence-electron chi connectivity index (χ4n) is 4.53. The number of H-pyrrole nitrogens is 1. The Balaban J connectivity index is 1.97. The van der Waals surface area contributed by atoms with Crippen LogP contribution in [0.1, 0.15) is 0 Å². The Labute approximate surface area is 177 Å².